The molecular formula is C14H19I3N2O6. The Labute approximate surface area is 185 Å². The van der Waals surface area contributed by atoms with E-state index in [0.717, 1.165) is 0 Å². The number of alkyl halides is 1. The van der Waals surface area contributed by atoms with E-state index in [2.05, 4.69) is 5.32 Å². The van der Waals surface area contributed by atoms with E-state index in [9.17, 15) is 19.8 Å². The number of amides is 2. The highest BCUT2D eigenvalue weighted by atomic mass is 127. The highest BCUT2D eigenvalue weighted by Crippen LogP contribution is 2.53. The van der Waals surface area contributed by atoms with Crippen molar-refractivity contribution in [3.05, 3.63) is 18.8 Å². The molecule has 0 heterocycles. The second-order valence-electron chi connectivity index (χ2n) is 5.45. The van der Waals surface area contributed by atoms with Crippen LogP contribution >= 0.6 is 67.8 Å². The maximum absolute atomic E-state index is 12.7. The molecule has 2 unspecified atom stereocenters. The molecular weight excluding hydrogens is 673 g/mol. The van der Waals surface area contributed by atoms with Crippen molar-refractivity contribution >= 4 is 79.6 Å². The molecule has 7 N–H and O–H groups in total. The van der Waals surface area contributed by atoms with E-state index < -0.39 is 59.5 Å². The Balaban J connectivity index is 3.44. The molecule has 0 spiro atoms. The molecule has 0 aromatic rings. The maximum Gasteiger partial charge on any atom is 0.249 e. The highest BCUT2D eigenvalue weighted by Gasteiger charge is 2.55. The van der Waals surface area contributed by atoms with Crippen molar-refractivity contribution in [2.24, 2.45) is 17.1 Å². The van der Waals surface area contributed by atoms with Crippen LogP contribution < -0.4 is 11.1 Å². The number of allylic oxidation sites excluding steroid dienone is 2. The van der Waals surface area contributed by atoms with Crippen molar-refractivity contribution in [2.75, 3.05) is 26.4 Å². The summed E-state index contributed by atoms with van der Waals surface area (Å²) in [4.78, 5) is 25.0. The molecule has 0 saturated heterocycles. The molecule has 0 bridgehead atoms. The first-order chi connectivity index (χ1) is 11.7. The van der Waals surface area contributed by atoms with Crippen molar-refractivity contribution in [1.82, 2.24) is 5.32 Å². The van der Waals surface area contributed by atoms with Gasteiger partial charge >= 0.3 is 0 Å². The smallest absolute Gasteiger partial charge is 0.249 e. The molecule has 2 atom stereocenters. The first-order valence-corrected chi connectivity index (χ1v) is 10.6. The number of carbonyl (C=O) groups excluding carboxylic acids is 2. The number of nitrogens with one attached hydrogen (secondary N) is 1. The Morgan fingerprint density at radius 2 is 1.68 bits per heavy atom. The molecule has 142 valence electrons. The van der Waals surface area contributed by atoms with Crippen molar-refractivity contribution in [3.8, 4) is 0 Å². The van der Waals surface area contributed by atoms with Crippen molar-refractivity contribution < 1.29 is 30.0 Å². The van der Waals surface area contributed by atoms with Gasteiger partial charge in [0.25, 0.3) is 0 Å². The van der Waals surface area contributed by atoms with Gasteiger partial charge in [0.2, 0.25) is 11.8 Å². The quantitative estimate of drug-likeness (QED) is 0.147. The fraction of sp³-hybridized carbons (Fsp3) is 0.571. The van der Waals surface area contributed by atoms with E-state index in [0.29, 0.717) is 7.16 Å². The first-order valence-electron chi connectivity index (χ1n) is 7.17. The molecule has 11 heteroatoms. The van der Waals surface area contributed by atoms with Gasteiger partial charge < -0.3 is 31.5 Å². The molecule has 1 aliphatic carbocycles. The summed E-state index contributed by atoms with van der Waals surface area (Å²) in [5, 5.41) is 40.1. The van der Waals surface area contributed by atoms with Crippen LogP contribution in [0, 0.1) is 11.3 Å². The van der Waals surface area contributed by atoms with Crippen molar-refractivity contribution in [1.29, 1.82) is 0 Å². The monoisotopic (exact) mass is 692 g/mol. The second kappa shape index (κ2) is 10.1. The van der Waals surface area contributed by atoms with E-state index in [-0.39, 0.29) is 5.57 Å². The Morgan fingerprint density at radius 1 is 1.16 bits per heavy atom. The summed E-state index contributed by atoms with van der Waals surface area (Å²) in [5.74, 6) is -2.19. The van der Waals surface area contributed by atoms with Crippen molar-refractivity contribution in [2.45, 2.75) is 9.97 Å². The maximum atomic E-state index is 12.7. The summed E-state index contributed by atoms with van der Waals surface area (Å²) in [6.45, 7) is -1.86. The van der Waals surface area contributed by atoms with E-state index in [4.69, 9.17) is 15.9 Å². The van der Waals surface area contributed by atoms with E-state index in [1.165, 1.54) is 0 Å². The van der Waals surface area contributed by atoms with Crippen LogP contribution in [-0.2, 0) is 9.59 Å². The van der Waals surface area contributed by atoms with Gasteiger partial charge in [-0.1, -0.05) is 22.6 Å². The summed E-state index contributed by atoms with van der Waals surface area (Å²) in [5.41, 5.74) is 4.44. The number of carbonyl (C=O) groups is 2. The number of rotatable bonds is 8. The normalized spacial score (nSPS) is 23.9. The van der Waals surface area contributed by atoms with Gasteiger partial charge in [-0.15, -0.1) is 0 Å². The number of hydrogen-bond donors (Lipinski definition) is 6. The number of primary amides is 1. The predicted octanol–water partition coefficient (Wildman–Crippen LogP) is -0.647. The van der Waals surface area contributed by atoms with Crippen LogP contribution in [0.5, 0.6) is 0 Å². The molecule has 0 aromatic heterocycles. The largest absolute Gasteiger partial charge is 0.396 e. The van der Waals surface area contributed by atoms with E-state index in [1.807, 2.05) is 67.8 Å². The average Bonchev–Trinajstić information content (AvgIpc) is 2.55. The lowest BCUT2D eigenvalue weighted by Gasteiger charge is -2.43. The van der Waals surface area contributed by atoms with Crippen LogP contribution in [0.25, 0.3) is 0 Å². The molecule has 0 aromatic carbocycles. The molecule has 1 rings (SSSR count). The van der Waals surface area contributed by atoms with Crippen LogP contribution in [0.4, 0.5) is 0 Å². The fourth-order valence-electron chi connectivity index (χ4n) is 2.61. The summed E-state index contributed by atoms with van der Waals surface area (Å²) in [6, 6.07) is -0.841. The van der Waals surface area contributed by atoms with Crippen LogP contribution in [0.2, 0.25) is 0 Å². The molecule has 0 radical (unpaired) electrons. The van der Waals surface area contributed by atoms with Crippen molar-refractivity contribution in [3.63, 3.8) is 0 Å². The average molecular weight is 692 g/mol. The molecule has 0 fully saturated rings. The van der Waals surface area contributed by atoms with Gasteiger partial charge in [-0.25, -0.2) is 0 Å². The minimum absolute atomic E-state index is 0.235. The first kappa shape index (κ1) is 23.5. The standard InChI is InChI=1S/C14H19I3N2O6/c15-8-1-9(16)14(13(18)25,6(2-20)3-21)11(17)10(8)12(24)19-7(4-22)5-23/h1,6-7,11,20-23H,2-5H2,(H2,18,25)(H,19,24). The summed E-state index contributed by atoms with van der Waals surface area (Å²) < 4.78 is 0.334. The lowest BCUT2D eigenvalue weighted by molar-refractivity contribution is -0.129. The molecule has 0 saturated carbocycles. The zero-order valence-corrected chi connectivity index (χ0v) is 19.4. The van der Waals surface area contributed by atoms with Gasteiger partial charge in [0.15, 0.2) is 0 Å². The van der Waals surface area contributed by atoms with Crippen LogP contribution in [0.1, 0.15) is 0 Å². The Morgan fingerprint density at radius 3 is 2.08 bits per heavy atom. The van der Waals surface area contributed by atoms with Crippen LogP contribution in [0.15, 0.2) is 18.8 Å². The molecule has 8 nitrogen and oxygen atoms in total. The second-order valence-corrected chi connectivity index (χ2v) is 9.02. The van der Waals surface area contributed by atoms with Gasteiger partial charge in [-0.05, 0) is 51.3 Å². The Hall–Kier alpha value is 0.450. The summed E-state index contributed by atoms with van der Waals surface area (Å²) in [7, 11) is 0. The molecule has 2 amide bonds. The third kappa shape index (κ3) is 4.48. The van der Waals surface area contributed by atoms with E-state index >= 15 is 0 Å². The minimum Gasteiger partial charge on any atom is -0.396 e. The highest BCUT2D eigenvalue weighted by molar-refractivity contribution is 14.1. The van der Waals surface area contributed by atoms with Gasteiger partial charge in [0.1, 0.15) is 5.41 Å². The van der Waals surface area contributed by atoms with Gasteiger partial charge in [0, 0.05) is 31.9 Å². The van der Waals surface area contributed by atoms with Gasteiger partial charge in [0.05, 0.1) is 23.2 Å². The Kier molecular flexibility index (Phi) is 9.51. The zero-order chi connectivity index (χ0) is 19.4. The topological polar surface area (TPSA) is 153 Å². The summed E-state index contributed by atoms with van der Waals surface area (Å²) >= 11 is 5.80. The number of hydrogen-bond acceptors (Lipinski definition) is 6. The predicted molar refractivity (Wildman–Crippen MR) is 116 cm³/mol. The number of aliphatic hydroxyl groups is 4. The fourth-order valence-corrected chi connectivity index (χ4v) is 8.36. The number of aliphatic hydroxyl groups excluding tert-OH is 4. The molecule has 1 aliphatic rings. The lowest BCUT2D eigenvalue weighted by Crippen LogP contribution is -2.55. The van der Waals surface area contributed by atoms with E-state index in [1.54, 1.807) is 6.08 Å². The summed E-state index contributed by atoms with van der Waals surface area (Å²) in [6.07, 6.45) is 1.61. The molecule has 0 aliphatic heterocycles. The van der Waals surface area contributed by atoms with Crippen LogP contribution in [-0.4, -0.2) is 68.6 Å². The minimum atomic E-state index is -1.44. The zero-order valence-electron chi connectivity index (χ0n) is 13.0. The third-order valence-electron chi connectivity index (χ3n) is 4.07. The van der Waals surface area contributed by atoms with Gasteiger partial charge in [-0.2, -0.15) is 0 Å². The third-order valence-corrected chi connectivity index (χ3v) is 7.77. The number of nitrogens with two attached hydrogens (primary N) is 1. The van der Waals surface area contributed by atoms with Crippen LogP contribution in [0.3, 0.4) is 0 Å². The lowest BCUT2D eigenvalue weighted by atomic mass is 9.68. The SMILES string of the molecule is NC(=O)C1(C(CO)CO)C(I)=CC(I)=C(C(=O)NC(CO)CO)C1I. The molecule has 25 heavy (non-hydrogen) atoms. The van der Waals surface area contributed by atoms with Gasteiger partial charge in [-0.3, -0.25) is 9.59 Å². The Bertz CT molecular complexity index is 589. The number of halogens is 3.